The van der Waals surface area contributed by atoms with Crippen LogP contribution in [0.3, 0.4) is 0 Å². The molecular weight excluding hydrogens is 210 g/mol. The van der Waals surface area contributed by atoms with Crippen molar-refractivity contribution in [3.63, 3.8) is 0 Å². The maximum absolute atomic E-state index is 5.44. The van der Waals surface area contributed by atoms with E-state index in [0.717, 1.165) is 29.8 Å². The van der Waals surface area contributed by atoms with Gasteiger partial charge in [-0.15, -0.1) is 11.3 Å². The summed E-state index contributed by atoms with van der Waals surface area (Å²) in [5.41, 5.74) is 0.808. The average Bonchev–Trinajstić information content (AvgIpc) is 3.02. The highest BCUT2D eigenvalue weighted by molar-refractivity contribution is 7.12. The van der Waals surface area contributed by atoms with Crippen LogP contribution in [-0.2, 0) is 0 Å². The summed E-state index contributed by atoms with van der Waals surface area (Å²) in [5.74, 6) is 0. The molecule has 0 bridgehead atoms. The Kier molecular flexibility index (Phi) is 2.17. The zero-order valence-electron chi connectivity index (χ0n) is 8.14. The molecule has 0 spiro atoms. The molecule has 2 aromatic rings. The first-order valence-electron chi connectivity index (χ1n) is 4.96. The maximum atomic E-state index is 5.44. The molecule has 4 nitrogen and oxygen atoms in total. The summed E-state index contributed by atoms with van der Waals surface area (Å²) >= 11 is 1.45. The van der Waals surface area contributed by atoms with Gasteiger partial charge in [-0.2, -0.15) is 4.98 Å². The van der Waals surface area contributed by atoms with Crippen LogP contribution in [0.2, 0.25) is 0 Å². The highest BCUT2D eigenvalue weighted by Crippen LogP contribution is 2.25. The molecule has 1 aliphatic rings. The molecule has 0 atom stereocenters. The van der Waals surface area contributed by atoms with Crippen molar-refractivity contribution in [3.05, 3.63) is 17.8 Å². The van der Waals surface area contributed by atoms with Gasteiger partial charge < -0.3 is 9.32 Å². The molecule has 0 amide bonds. The molecule has 1 saturated heterocycles. The number of rotatable bonds is 2. The SMILES string of the molecule is [c]1cnc(-c2coc(N3CCCC3)n2)s1. The molecular formula is C10H10N3OS. The summed E-state index contributed by atoms with van der Waals surface area (Å²) < 4.78 is 5.44. The van der Waals surface area contributed by atoms with Crippen LogP contribution in [-0.4, -0.2) is 23.1 Å². The number of aromatic nitrogens is 2. The van der Waals surface area contributed by atoms with Crippen LogP contribution >= 0.6 is 11.3 Å². The van der Waals surface area contributed by atoms with Crippen LogP contribution in [0.5, 0.6) is 0 Å². The van der Waals surface area contributed by atoms with Crippen molar-refractivity contribution in [3.8, 4) is 10.7 Å². The lowest BCUT2D eigenvalue weighted by Crippen LogP contribution is -2.17. The second-order valence-electron chi connectivity index (χ2n) is 3.49. The van der Waals surface area contributed by atoms with E-state index in [9.17, 15) is 0 Å². The van der Waals surface area contributed by atoms with Crippen LogP contribution in [0.25, 0.3) is 10.7 Å². The molecule has 0 unspecified atom stereocenters. The first-order valence-corrected chi connectivity index (χ1v) is 5.78. The van der Waals surface area contributed by atoms with Gasteiger partial charge in [-0.3, -0.25) is 0 Å². The van der Waals surface area contributed by atoms with E-state index in [-0.39, 0.29) is 0 Å². The largest absolute Gasteiger partial charge is 0.431 e. The smallest absolute Gasteiger partial charge is 0.297 e. The Morgan fingerprint density at radius 3 is 3.00 bits per heavy atom. The fourth-order valence-corrected chi connectivity index (χ4v) is 2.25. The van der Waals surface area contributed by atoms with Crippen molar-refractivity contribution in [2.24, 2.45) is 0 Å². The Morgan fingerprint density at radius 1 is 1.40 bits per heavy atom. The second kappa shape index (κ2) is 3.66. The van der Waals surface area contributed by atoms with Gasteiger partial charge in [-0.25, -0.2) is 4.98 Å². The van der Waals surface area contributed by atoms with Gasteiger partial charge in [0.15, 0.2) is 0 Å². The second-order valence-corrected chi connectivity index (χ2v) is 4.32. The summed E-state index contributed by atoms with van der Waals surface area (Å²) in [6, 6.07) is 0.720. The van der Waals surface area contributed by atoms with E-state index < -0.39 is 0 Å². The van der Waals surface area contributed by atoms with Crippen LogP contribution in [0.1, 0.15) is 12.8 Å². The molecule has 0 aromatic carbocycles. The minimum atomic E-state index is 0.720. The Balaban J connectivity index is 1.87. The number of oxazole rings is 1. The third-order valence-electron chi connectivity index (χ3n) is 2.48. The van der Waals surface area contributed by atoms with Gasteiger partial charge in [-0.1, -0.05) is 0 Å². The lowest BCUT2D eigenvalue weighted by molar-refractivity contribution is 0.547. The minimum Gasteiger partial charge on any atom is -0.431 e. The monoisotopic (exact) mass is 220 g/mol. The van der Waals surface area contributed by atoms with Crippen LogP contribution in [0, 0.1) is 5.38 Å². The van der Waals surface area contributed by atoms with Crippen molar-refractivity contribution >= 4 is 17.4 Å². The third-order valence-corrected chi connectivity index (χ3v) is 3.21. The summed E-state index contributed by atoms with van der Waals surface area (Å²) in [6.07, 6.45) is 5.77. The Hall–Kier alpha value is -1.36. The molecule has 0 aliphatic carbocycles. The molecule has 2 aromatic heterocycles. The lowest BCUT2D eigenvalue weighted by Gasteiger charge is -2.10. The average molecular weight is 220 g/mol. The van der Waals surface area contributed by atoms with E-state index in [1.807, 2.05) is 0 Å². The number of nitrogens with zero attached hydrogens (tertiary/aromatic N) is 3. The maximum Gasteiger partial charge on any atom is 0.297 e. The highest BCUT2D eigenvalue weighted by Gasteiger charge is 2.18. The Bertz CT molecular complexity index is 431. The van der Waals surface area contributed by atoms with Crippen LogP contribution < -0.4 is 4.90 Å². The lowest BCUT2D eigenvalue weighted by atomic mass is 10.4. The van der Waals surface area contributed by atoms with E-state index in [2.05, 4.69) is 20.2 Å². The summed E-state index contributed by atoms with van der Waals surface area (Å²) in [7, 11) is 0. The number of thiazole rings is 1. The molecule has 0 N–H and O–H groups in total. The first kappa shape index (κ1) is 8.91. The van der Waals surface area contributed by atoms with E-state index in [0.29, 0.717) is 0 Å². The summed E-state index contributed by atoms with van der Waals surface area (Å²) in [6.45, 7) is 2.09. The number of hydrogen-bond acceptors (Lipinski definition) is 5. The first-order chi connectivity index (χ1) is 7.43. The van der Waals surface area contributed by atoms with E-state index in [1.165, 1.54) is 24.2 Å². The molecule has 5 heteroatoms. The predicted octanol–water partition coefficient (Wildman–Crippen LogP) is 2.20. The topological polar surface area (TPSA) is 42.2 Å². The van der Waals surface area contributed by atoms with Gasteiger partial charge in [0.25, 0.3) is 6.01 Å². The van der Waals surface area contributed by atoms with Gasteiger partial charge in [-0.05, 0) is 12.8 Å². The van der Waals surface area contributed by atoms with E-state index in [4.69, 9.17) is 4.42 Å². The van der Waals surface area contributed by atoms with Crippen molar-refractivity contribution in [1.82, 2.24) is 9.97 Å². The molecule has 77 valence electrons. The van der Waals surface area contributed by atoms with Gasteiger partial charge in [0.05, 0.1) is 5.38 Å². The van der Waals surface area contributed by atoms with Crippen molar-refractivity contribution in [2.75, 3.05) is 18.0 Å². The van der Waals surface area contributed by atoms with Crippen LogP contribution in [0.15, 0.2) is 16.9 Å². The third kappa shape index (κ3) is 1.63. The van der Waals surface area contributed by atoms with Gasteiger partial charge >= 0.3 is 0 Å². The van der Waals surface area contributed by atoms with Gasteiger partial charge in [0.2, 0.25) is 0 Å². The van der Waals surface area contributed by atoms with E-state index >= 15 is 0 Å². The standard InChI is InChI=1S/C10H10N3OS/c1-2-5-13(4-1)10-12-8(7-14-10)9-11-3-6-15-9/h3,7H,1-2,4-5H2. The fourth-order valence-electron chi connectivity index (χ4n) is 1.73. The predicted molar refractivity (Wildman–Crippen MR) is 57.9 cm³/mol. The molecule has 1 fully saturated rings. The van der Waals surface area contributed by atoms with Crippen molar-refractivity contribution in [1.29, 1.82) is 0 Å². The molecule has 1 aliphatic heterocycles. The highest BCUT2D eigenvalue weighted by atomic mass is 32.1. The van der Waals surface area contributed by atoms with Crippen molar-refractivity contribution < 1.29 is 4.42 Å². The Labute approximate surface area is 91.6 Å². The van der Waals surface area contributed by atoms with Gasteiger partial charge in [0.1, 0.15) is 17.0 Å². The minimum absolute atomic E-state index is 0.720. The van der Waals surface area contributed by atoms with Crippen molar-refractivity contribution in [2.45, 2.75) is 12.8 Å². The van der Waals surface area contributed by atoms with Crippen LogP contribution in [0.4, 0.5) is 6.01 Å². The quantitative estimate of drug-likeness (QED) is 0.778. The number of anilines is 1. The summed E-state index contributed by atoms with van der Waals surface area (Å²) in [4.78, 5) is 10.7. The molecule has 1 radical (unpaired) electrons. The molecule has 3 heterocycles. The Morgan fingerprint density at radius 2 is 2.27 bits per heavy atom. The molecule has 15 heavy (non-hydrogen) atoms. The number of hydrogen-bond donors (Lipinski definition) is 0. The fraction of sp³-hybridized carbons (Fsp3) is 0.400. The zero-order chi connectivity index (χ0) is 10.1. The summed E-state index contributed by atoms with van der Waals surface area (Å²) in [5, 5.41) is 3.81. The van der Waals surface area contributed by atoms with E-state index in [1.54, 1.807) is 12.5 Å². The zero-order valence-corrected chi connectivity index (χ0v) is 8.96. The molecule has 0 saturated carbocycles. The molecule has 3 rings (SSSR count). The normalized spacial score (nSPS) is 16.1. The van der Waals surface area contributed by atoms with Gasteiger partial charge in [0, 0.05) is 19.3 Å².